The molecule has 1 nitrogen and oxygen atoms in total. The predicted molar refractivity (Wildman–Crippen MR) is 78.4 cm³/mol. The van der Waals surface area contributed by atoms with E-state index in [2.05, 4.69) is 54.6 Å². The highest BCUT2D eigenvalue weighted by atomic mass is 127. The van der Waals surface area contributed by atoms with Crippen LogP contribution in [0.5, 0.6) is 5.75 Å². The molecule has 0 bridgehead atoms. The molecule has 16 heavy (non-hydrogen) atoms. The van der Waals surface area contributed by atoms with E-state index in [0.717, 1.165) is 12.2 Å². The molecular weight excluding hydrogens is 311 g/mol. The van der Waals surface area contributed by atoms with Crippen molar-refractivity contribution in [3.63, 3.8) is 0 Å². The first-order valence-corrected chi connectivity index (χ1v) is 7.32. The van der Waals surface area contributed by atoms with Crippen LogP contribution in [0.2, 0.25) is 0 Å². The van der Waals surface area contributed by atoms with E-state index in [1.54, 1.807) is 0 Å². The Bertz CT molecular complexity index is 322. The fourth-order valence-electron chi connectivity index (χ4n) is 1.80. The average molecular weight is 332 g/mol. The lowest BCUT2D eigenvalue weighted by Crippen LogP contribution is -2.28. The van der Waals surface area contributed by atoms with Gasteiger partial charge in [0.1, 0.15) is 11.9 Å². The molecular formula is C14H21IO. The molecule has 2 atom stereocenters. The molecule has 0 aliphatic carbocycles. The summed E-state index contributed by atoms with van der Waals surface area (Å²) in [5, 5.41) is 0. The van der Waals surface area contributed by atoms with Gasteiger partial charge in [-0.2, -0.15) is 0 Å². The molecule has 2 rings (SSSR count). The lowest BCUT2D eigenvalue weighted by Gasteiger charge is -2.31. The second kappa shape index (κ2) is 6.48. The van der Waals surface area contributed by atoms with Crippen LogP contribution in [0.3, 0.4) is 0 Å². The highest BCUT2D eigenvalue weighted by molar-refractivity contribution is 14.1. The molecule has 0 radical (unpaired) electrons. The second-order valence-electron chi connectivity index (χ2n) is 4.14. The predicted octanol–water partition coefficient (Wildman–Crippen LogP) is 5.00. The minimum atomic E-state index is 0.381. The number of hydrogen-bond donors (Lipinski definition) is 0. The van der Waals surface area contributed by atoms with Crippen LogP contribution in [0.15, 0.2) is 24.3 Å². The van der Waals surface area contributed by atoms with Gasteiger partial charge < -0.3 is 4.74 Å². The van der Waals surface area contributed by atoms with E-state index >= 15 is 0 Å². The third kappa shape index (κ3) is 3.12. The SMILES string of the molecule is CC.CC(C)C1CC(I)c2ccccc2O1. The average Bonchev–Trinajstić information content (AvgIpc) is 2.31. The van der Waals surface area contributed by atoms with Crippen molar-refractivity contribution in [1.82, 2.24) is 0 Å². The van der Waals surface area contributed by atoms with Crippen LogP contribution in [-0.2, 0) is 0 Å². The maximum absolute atomic E-state index is 5.96. The minimum Gasteiger partial charge on any atom is -0.490 e. The van der Waals surface area contributed by atoms with Crippen LogP contribution in [0.25, 0.3) is 0 Å². The van der Waals surface area contributed by atoms with Gasteiger partial charge in [0.25, 0.3) is 0 Å². The summed E-state index contributed by atoms with van der Waals surface area (Å²) >= 11 is 2.52. The van der Waals surface area contributed by atoms with Crippen molar-refractivity contribution < 1.29 is 4.74 Å². The molecule has 0 spiro atoms. The fraction of sp³-hybridized carbons (Fsp3) is 0.571. The maximum Gasteiger partial charge on any atom is 0.123 e. The summed E-state index contributed by atoms with van der Waals surface area (Å²) in [7, 11) is 0. The van der Waals surface area contributed by atoms with Crippen LogP contribution < -0.4 is 4.74 Å². The van der Waals surface area contributed by atoms with Crippen molar-refractivity contribution in [2.24, 2.45) is 5.92 Å². The Hall–Kier alpha value is -0.250. The molecule has 1 aliphatic heterocycles. The van der Waals surface area contributed by atoms with E-state index in [-0.39, 0.29) is 0 Å². The smallest absolute Gasteiger partial charge is 0.123 e. The Morgan fingerprint density at radius 3 is 2.50 bits per heavy atom. The monoisotopic (exact) mass is 332 g/mol. The van der Waals surface area contributed by atoms with Gasteiger partial charge in [-0.15, -0.1) is 0 Å². The van der Waals surface area contributed by atoms with Gasteiger partial charge in [0.15, 0.2) is 0 Å². The third-order valence-electron chi connectivity index (χ3n) is 2.72. The third-order valence-corrected chi connectivity index (χ3v) is 3.90. The Kier molecular flexibility index (Phi) is 5.59. The van der Waals surface area contributed by atoms with Crippen LogP contribution >= 0.6 is 22.6 Å². The standard InChI is InChI=1S/C12H15IO.C2H6/c1-8(2)12-7-10(13)9-5-3-4-6-11(9)14-12;1-2/h3-6,8,10,12H,7H2,1-2H3;1-2H3. The summed E-state index contributed by atoms with van der Waals surface area (Å²) in [5.74, 6) is 1.68. The number of alkyl halides is 1. The van der Waals surface area contributed by atoms with Crippen LogP contribution in [-0.4, -0.2) is 6.10 Å². The molecule has 1 aliphatic rings. The van der Waals surface area contributed by atoms with E-state index < -0.39 is 0 Å². The topological polar surface area (TPSA) is 9.23 Å². The van der Waals surface area contributed by atoms with Crippen LogP contribution in [0.4, 0.5) is 0 Å². The van der Waals surface area contributed by atoms with E-state index in [4.69, 9.17) is 4.74 Å². The second-order valence-corrected chi connectivity index (χ2v) is 5.64. The van der Waals surface area contributed by atoms with E-state index in [1.807, 2.05) is 19.9 Å². The highest BCUT2D eigenvalue weighted by Crippen LogP contribution is 2.41. The number of hydrogen-bond acceptors (Lipinski definition) is 1. The molecule has 0 saturated carbocycles. The summed E-state index contributed by atoms with van der Waals surface area (Å²) < 4.78 is 6.56. The van der Waals surface area contributed by atoms with Gasteiger partial charge in [-0.05, 0) is 12.0 Å². The van der Waals surface area contributed by atoms with Crippen LogP contribution in [0.1, 0.15) is 43.6 Å². The summed E-state index contributed by atoms with van der Waals surface area (Å²) in [4.78, 5) is 0. The van der Waals surface area contributed by atoms with Gasteiger partial charge in [0.2, 0.25) is 0 Å². The van der Waals surface area contributed by atoms with Crippen molar-refractivity contribution in [2.75, 3.05) is 0 Å². The molecule has 2 heteroatoms. The molecule has 0 saturated heterocycles. The fourth-order valence-corrected chi connectivity index (χ4v) is 2.81. The molecule has 2 unspecified atom stereocenters. The first-order valence-electron chi connectivity index (χ1n) is 6.08. The molecule has 0 amide bonds. The largest absolute Gasteiger partial charge is 0.490 e. The quantitative estimate of drug-likeness (QED) is 0.520. The van der Waals surface area contributed by atoms with E-state index in [9.17, 15) is 0 Å². The van der Waals surface area contributed by atoms with Gasteiger partial charge in [-0.25, -0.2) is 0 Å². The molecule has 0 N–H and O–H groups in total. The van der Waals surface area contributed by atoms with Crippen molar-refractivity contribution in [1.29, 1.82) is 0 Å². The number of ether oxygens (including phenoxy) is 1. The first kappa shape index (κ1) is 13.8. The van der Waals surface area contributed by atoms with E-state index in [0.29, 0.717) is 15.9 Å². The summed E-state index contributed by atoms with van der Waals surface area (Å²) in [6, 6.07) is 8.38. The summed E-state index contributed by atoms with van der Waals surface area (Å²) in [5.41, 5.74) is 1.35. The Morgan fingerprint density at radius 2 is 1.88 bits per heavy atom. The maximum atomic E-state index is 5.96. The molecule has 0 aromatic heterocycles. The van der Waals surface area contributed by atoms with Gasteiger partial charge >= 0.3 is 0 Å². The van der Waals surface area contributed by atoms with Gasteiger partial charge in [0.05, 0.1) is 0 Å². The molecule has 1 aromatic carbocycles. The summed E-state index contributed by atoms with van der Waals surface area (Å²) in [6.07, 6.45) is 1.52. The molecule has 1 aromatic rings. The zero-order chi connectivity index (χ0) is 12.1. The normalized spacial score (nSPS) is 22.9. The molecule has 1 heterocycles. The Balaban J connectivity index is 0.000000606. The van der Waals surface area contributed by atoms with Crippen molar-refractivity contribution in [3.8, 4) is 5.75 Å². The van der Waals surface area contributed by atoms with Crippen molar-refractivity contribution in [3.05, 3.63) is 29.8 Å². The van der Waals surface area contributed by atoms with Crippen molar-refractivity contribution >= 4 is 22.6 Å². The number of fused-ring (bicyclic) bond motifs is 1. The van der Waals surface area contributed by atoms with Gasteiger partial charge in [-0.1, -0.05) is 68.5 Å². The van der Waals surface area contributed by atoms with Crippen LogP contribution in [0, 0.1) is 5.92 Å². The Morgan fingerprint density at radius 1 is 1.25 bits per heavy atom. The number of para-hydroxylation sites is 1. The molecule has 90 valence electrons. The zero-order valence-electron chi connectivity index (χ0n) is 10.5. The van der Waals surface area contributed by atoms with Crippen molar-refractivity contribution in [2.45, 2.75) is 44.1 Å². The lowest BCUT2D eigenvalue weighted by atomic mass is 9.96. The number of benzene rings is 1. The lowest BCUT2D eigenvalue weighted by molar-refractivity contribution is 0.127. The molecule has 0 fully saturated rings. The summed E-state index contributed by atoms with van der Waals surface area (Å²) in [6.45, 7) is 8.45. The highest BCUT2D eigenvalue weighted by Gasteiger charge is 2.27. The first-order chi connectivity index (χ1) is 7.68. The number of rotatable bonds is 1. The van der Waals surface area contributed by atoms with Gasteiger partial charge in [0, 0.05) is 15.9 Å². The van der Waals surface area contributed by atoms with E-state index in [1.165, 1.54) is 5.56 Å². The Labute approximate surface area is 113 Å². The zero-order valence-corrected chi connectivity index (χ0v) is 12.7. The number of halogens is 1. The van der Waals surface area contributed by atoms with Gasteiger partial charge in [-0.3, -0.25) is 0 Å². The minimum absolute atomic E-state index is 0.381.